The number of hydrogen-bond donors (Lipinski definition) is 2. The zero-order chi connectivity index (χ0) is 13.8. The van der Waals surface area contributed by atoms with Crippen LogP contribution in [-0.4, -0.2) is 36.5 Å². The summed E-state index contributed by atoms with van der Waals surface area (Å²) >= 11 is 0. The molecule has 1 saturated heterocycles. The molecule has 4 nitrogen and oxygen atoms in total. The van der Waals surface area contributed by atoms with Gasteiger partial charge in [-0.1, -0.05) is 17.7 Å². The summed E-state index contributed by atoms with van der Waals surface area (Å²) in [5.41, 5.74) is 8.93. The van der Waals surface area contributed by atoms with Gasteiger partial charge in [-0.15, -0.1) is 12.4 Å². The van der Waals surface area contributed by atoms with Crippen LogP contribution in [0, 0.1) is 13.8 Å². The second-order valence-electron chi connectivity index (χ2n) is 5.37. The average Bonchev–Trinajstić information content (AvgIpc) is 2.80. The summed E-state index contributed by atoms with van der Waals surface area (Å²) in [6.07, 6.45) is 2.24. The SMILES string of the molecule is Cc1ccc(NC(=O)CN2CCCC2CN)c(C)c1.Cl. The van der Waals surface area contributed by atoms with E-state index in [1.807, 2.05) is 19.1 Å². The summed E-state index contributed by atoms with van der Waals surface area (Å²) in [5.74, 6) is 0.0484. The molecule has 1 atom stereocenters. The predicted molar refractivity (Wildman–Crippen MR) is 85.4 cm³/mol. The molecule has 1 aliphatic heterocycles. The van der Waals surface area contributed by atoms with Gasteiger partial charge >= 0.3 is 0 Å². The molecule has 2 rings (SSSR count). The average molecular weight is 298 g/mol. The summed E-state index contributed by atoms with van der Waals surface area (Å²) < 4.78 is 0. The van der Waals surface area contributed by atoms with Crippen LogP contribution >= 0.6 is 12.4 Å². The number of likely N-dealkylation sites (tertiary alicyclic amines) is 1. The zero-order valence-electron chi connectivity index (χ0n) is 12.2. The van der Waals surface area contributed by atoms with Gasteiger partial charge in [-0.3, -0.25) is 9.69 Å². The molecule has 5 heteroatoms. The maximum absolute atomic E-state index is 12.1. The normalized spacial score (nSPS) is 18.6. The van der Waals surface area contributed by atoms with Crippen LogP contribution in [0.15, 0.2) is 18.2 Å². The van der Waals surface area contributed by atoms with Gasteiger partial charge in [0.2, 0.25) is 5.91 Å². The second-order valence-corrected chi connectivity index (χ2v) is 5.37. The molecule has 1 fully saturated rings. The number of nitrogens with zero attached hydrogens (tertiary/aromatic N) is 1. The minimum atomic E-state index is 0. The zero-order valence-corrected chi connectivity index (χ0v) is 13.0. The van der Waals surface area contributed by atoms with E-state index in [-0.39, 0.29) is 18.3 Å². The maximum atomic E-state index is 12.1. The molecule has 1 unspecified atom stereocenters. The van der Waals surface area contributed by atoms with Crippen LogP contribution in [-0.2, 0) is 4.79 Å². The van der Waals surface area contributed by atoms with E-state index in [4.69, 9.17) is 5.73 Å². The van der Waals surface area contributed by atoms with E-state index in [1.54, 1.807) is 0 Å². The van der Waals surface area contributed by atoms with Crippen molar-refractivity contribution in [3.8, 4) is 0 Å². The summed E-state index contributed by atoms with van der Waals surface area (Å²) in [6.45, 7) is 6.12. The van der Waals surface area contributed by atoms with Crippen LogP contribution in [0.25, 0.3) is 0 Å². The Labute approximate surface area is 127 Å². The van der Waals surface area contributed by atoms with Gasteiger partial charge in [0.15, 0.2) is 0 Å². The lowest BCUT2D eigenvalue weighted by Crippen LogP contribution is -2.40. The fourth-order valence-corrected chi connectivity index (χ4v) is 2.70. The number of nitrogens with two attached hydrogens (primary N) is 1. The van der Waals surface area contributed by atoms with Crippen molar-refractivity contribution in [3.05, 3.63) is 29.3 Å². The largest absolute Gasteiger partial charge is 0.329 e. The van der Waals surface area contributed by atoms with Crippen LogP contribution in [0.4, 0.5) is 5.69 Å². The van der Waals surface area contributed by atoms with Gasteiger partial charge in [-0.05, 0) is 44.9 Å². The molecule has 0 aromatic heterocycles. The molecule has 112 valence electrons. The molecule has 1 aromatic carbocycles. The lowest BCUT2D eigenvalue weighted by Gasteiger charge is -2.22. The monoisotopic (exact) mass is 297 g/mol. The van der Waals surface area contributed by atoms with Gasteiger partial charge in [0.1, 0.15) is 0 Å². The van der Waals surface area contributed by atoms with Crippen molar-refractivity contribution >= 4 is 24.0 Å². The first-order valence-corrected chi connectivity index (χ1v) is 6.91. The minimum Gasteiger partial charge on any atom is -0.329 e. The van der Waals surface area contributed by atoms with E-state index in [1.165, 1.54) is 5.56 Å². The quantitative estimate of drug-likeness (QED) is 0.895. The van der Waals surface area contributed by atoms with Crippen molar-refractivity contribution in [3.63, 3.8) is 0 Å². The van der Waals surface area contributed by atoms with Gasteiger partial charge in [-0.25, -0.2) is 0 Å². The Kier molecular flexibility index (Phi) is 6.46. The fraction of sp³-hybridized carbons (Fsp3) is 0.533. The molecule has 0 saturated carbocycles. The minimum absolute atomic E-state index is 0. The van der Waals surface area contributed by atoms with Crippen molar-refractivity contribution in [1.29, 1.82) is 0 Å². The number of halogens is 1. The van der Waals surface area contributed by atoms with Gasteiger partial charge in [-0.2, -0.15) is 0 Å². The highest BCUT2D eigenvalue weighted by molar-refractivity contribution is 5.93. The smallest absolute Gasteiger partial charge is 0.238 e. The van der Waals surface area contributed by atoms with E-state index in [9.17, 15) is 4.79 Å². The van der Waals surface area contributed by atoms with Crippen molar-refractivity contribution in [1.82, 2.24) is 4.90 Å². The third-order valence-corrected chi connectivity index (χ3v) is 3.77. The van der Waals surface area contributed by atoms with Gasteiger partial charge in [0.05, 0.1) is 6.54 Å². The Morgan fingerprint density at radius 1 is 1.45 bits per heavy atom. The van der Waals surface area contributed by atoms with E-state index >= 15 is 0 Å². The number of anilines is 1. The Hall–Kier alpha value is -1.10. The highest BCUT2D eigenvalue weighted by Gasteiger charge is 2.24. The van der Waals surface area contributed by atoms with E-state index in [0.717, 1.165) is 30.6 Å². The number of amides is 1. The van der Waals surface area contributed by atoms with Gasteiger partial charge < -0.3 is 11.1 Å². The third kappa shape index (κ3) is 4.20. The second kappa shape index (κ2) is 7.62. The topological polar surface area (TPSA) is 58.4 Å². The van der Waals surface area contributed by atoms with Gasteiger partial charge in [0.25, 0.3) is 0 Å². The Morgan fingerprint density at radius 3 is 2.85 bits per heavy atom. The number of hydrogen-bond acceptors (Lipinski definition) is 3. The van der Waals surface area contributed by atoms with E-state index in [2.05, 4.69) is 23.2 Å². The molecule has 20 heavy (non-hydrogen) atoms. The maximum Gasteiger partial charge on any atom is 0.238 e. The molecule has 1 amide bonds. The standard InChI is InChI=1S/C15H23N3O.ClH/c1-11-5-6-14(12(2)8-11)17-15(19)10-18-7-3-4-13(18)9-16;/h5-6,8,13H,3-4,7,9-10,16H2,1-2H3,(H,17,19);1H. The third-order valence-electron chi connectivity index (χ3n) is 3.77. The molecule has 0 radical (unpaired) electrons. The number of benzene rings is 1. The molecule has 0 spiro atoms. The van der Waals surface area contributed by atoms with Crippen LogP contribution in [0.3, 0.4) is 0 Å². The lowest BCUT2D eigenvalue weighted by atomic mass is 10.1. The Balaban J connectivity index is 0.00000200. The highest BCUT2D eigenvalue weighted by Crippen LogP contribution is 2.18. The molecule has 1 heterocycles. The number of carbonyl (C=O) groups is 1. The number of aryl methyl sites for hydroxylation is 2. The van der Waals surface area contributed by atoms with E-state index < -0.39 is 0 Å². The molecular formula is C15H24ClN3O. The fourth-order valence-electron chi connectivity index (χ4n) is 2.70. The van der Waals surface area contributed by atoms with Crippen LogP contribution in [0.2, 0.25) is 0 Å². The van der Waals surface area contributed by atoms with Crippen molar-refractivity contribution in [2.45, 2.75) is 32.7 Å². The molecule has 0 aliphatic carbocycles. The molecule has 0 bridgehead atoms. The summed E-state index contributed by atoms with van der Waals surface area (Å²) in [4.78, 5) is 14.3. The molecule has 1 aromatic rings. The van der Waals surface area contributed by atoms with Crippen LogP contribution in [0.5, 0.6) is 0 Å². The summed E-state index contributed by atoms with van der Waals surface area (Å²) in [6, 6.07) is 6.42. The summed E-state index contributed by atoms with van der Waals surface area (Å²) in [7, 11) is 0. The highest BCUT2D eigenvalue weighted by atomic mass is 35.5. The Bertz CT molecular complexity index is 464. The Morgan fingerprint density at radius 2 is 2.20 bits per heavy atom. The first-order chi connectivity index (χ1) is 9.10. The number of rotatable bonds is 4. The first kappa shape index (κ1) is 17.0. The summed E-state index contributed by atoms with van der Waals surface area (Å²) in [5, 5.41) is 2.99. The predicted octanol–water partition coefficient (Wildman–Crippen LogP) is 2.09. The molecular weight excluding hydrogens is 274 g/mol. The molecule has 1 aliphatic rings. The van der Waals surface area contributed by atoms with Crippen molar-refractivity contribution < 1.29 is 4.79 Å². The van der Waals surface area contributed by atoms with Crippen molar-refractivity contribution in [2.75, 3.05) is 25.0 Å². The molecule has 3 N–H and O–H groups in total. The van der Waals surface area contributed by atoms with E-state index in [0.29, 0.717) is 19.1 Å². The van der Waals surface area contributed by atoms with Crippen LogP contribution < -0.4 is 11.1 Å². The van der Waals surface area contributed by atoms with Crippen LogP contribution in [0.1, 0.15) is 24.0 Å². The number of carbonyl (C=O) groups excluding carboxylic acids is 1. The van der Waals surface area contributed by atoms with Gasteiger partial charge in [0, 0.05) is 18.3 Å². The number of nitrogens with one attached hydrogen (secondary N) is 1. The lowest BCUT2D eigenvalue weighted by molar-refractivity contribution is -0.117. The first-order valence-electron chi connectivity index (χ1n) is 6.91. The van der Waals surface area contributed by atoms with Crippen molar-refractivity contribution in [2.24, 2.45) is 5.73 Å².